The second-order valence-corrected chi connectivity index (χ2v) is 8.75. The Morgan fingerprint density at radius 2 is 1.91 bits per heavy atom. The lowest BCUT2D eigenvalue weighted by Crippen LogP contribution is -2.34. The number of nitrogens with zero attached hydrogens (tertiary/aromatic N) is 1. The van der Waals surface area contributed by atoms with Gasteiger partial charge in [0, 0.05) is 19.0 Å². The summed E-state index contributed by atoms with van der Waals surface area (Å²) in [5.74, 6) is -0.389. The Morgan fingerprint density at radius 3 is 2.63 bits per heavy atom. The van der Waals surface area contributed by atoms with Crippen LogP contribution in [0.1, 0.15) is 36.0 Å². The van der Waals surface area contributed by atoms with Gasteiger partial charge in [0.2, 0.25) is 5.78 Å². The van der Waals surface area contributed by atoms with Crippen LogP contribution in [-0.2, 0) is 9.53 Å². The summed E-state index contributed by atoms with van der Waals surface area (Å²) >= 11 is 0. The number of carbonyl (C=O) groups is 2. The van der Waals surface area contributed by atoms with E-state index in [1.165, 1.54) is 19.1 Å². The first-order valence-corrected chi connectivity index (χ1v) is 11.4. The zero-order valence-corrected chi connectivity index (χ0v) is 20.2. The first kappa shape index (κ1) is 24.3. The summed E-state index contributed by atoms with van der Waals surface area (Å²) < 4.78 is 22.2. The number of hydrogen-bond donors (Lipinski definition) is 1. The van der Waals surface area contributed by atoms with Crippen molar-refractivity contribution < 1.29 is 33.3 Å². The average molecular weight is 480 g/mol. The molecule has 0 spiro atoms. The number of methoxy groups -OCH3 is 2. The van der Waals surface area contributed by atoms with Crippen LogP contribution in [0, 0.1) is 5.92 Å². The lowest BCUT2D eigenvalue weighted by Gasteiger charge is -2.26. The molecule has 2 heterocycles. The summed E-state index contributed by atoms with van der Waals surface area (Å²) in [4.78, 5) is 28.2. The molecule has 0 bridgehead atoms. The summed E-state index contributed by atoms with van der Waals surface area (Å²) in [6.07, 6.45) is 0. The van der Waals surface area contributed by atoms with E-state index < -0.39 is 23.5 Å². The lowest BCUT2D eigenvalue weighted by molar-refractivity contribution is -0.130. The van der Waals surface area contributed by atoms with Gasteiger partial charge in [-0.3, -0.25) is 9.59 Å². The summed E-state index contributed by atoms with van der Waals surface area (Å²) in [5.41, 5.74) is 1.00. The molecule has 8 nitrogen and oxygen atoms in total. The standard InChI is InChI=1S/C27H29NO7/c1-16(2)15-34-19-9-5-7-17(13-19)23-22(25(30)27(31)28(23)11-12-32-3)24(29)21-14-18-8-6-10-20(33-4)26(18)35-21/h5-10,13-14,16,23,30H,11-12,15H2,1-4H3. The van der Waals surface area contributed by atoms with Crippen molar-refractivity contribution >= 4 is 22.7 Å². The van der Waals surface area contributed by atoms with E-state index in [9.17, 15) is 14.7 Å². The molecule has 1 unspecified atom stereocenters. The van der Waals surface area contributed by atoms with Crippen LogP contribution in [0.15, 0.2) is 64.3 Å². The fourth-order valence-electron chi connectivity index (χ4n) is 4.13. The number of Topliss-reactive ketones (excluding diaryl/α,β-unsaturated/α-hetero) is 1. The molecule has 0 saturated heterocycles. The number of rotatable bonds is 10. The highest BCUT2D eigenvalue weighted by atomic mass is 16.5. The van der Waals surface area contributed by atoms with E-state index in [-0.39, 0.29) is 24.5 Å². The van der Waals surface area contributed by atoms with Crippen LogP contribution >= 0.6 is 0 Å². The van der Waals surface area contributed by atoms with Crippen molar-refractivity contribution in [3.8, 4) is 11.5 Å². The molecule has 4 rings (SSSR count). The normalized spacial score (nSPS) is 16.0. The van der Waals surface area contributed by atoms with E-state index in [1.807, 2.05) is 19.9 Å². The van der Waals surface area contributed by atoms with Crippen molar-refractivity contribution in [3.63, 3.8) is 0 Å². The maximum atomic E-state index is 13.7. The molecule has 184 valence electrons. The Kier molecular flexibility index (Phi) is 7.12. The topological polar surface area (TPSA) is 98.4 Å². The summed E-state index contributed by atoms with van der Waals surface area (Å²) in [5, 5.41) is 11.5. The number of ketones is 1. The van der Waals surface area contributed by atoms with Crippen molar-refractivity contribution in [2.75, 3.05) is 34.0 Å². The molecular weight excluding hydrogens is 450 g/mol. The average Bonchev–Trinajstić information content (AvgIpc) is 3.40. The quantitative estimate of drug-likeness (QED) is 0.421. The van der Waals surface area contributed by atoms with E-state index in [2.05, 4.69) is 0 Å². The summed E-state index contributed by atoms with van der Waals surface area (Å²) in [6, 6.07) is 13.3. The second-order valence-electron chi connectivity index (χ2n) is 8.75. The van der Waals surface area contributed by atoms with E-state index in [0.29, 0.717) is 40.6 Å². The van der Waals surface area contributed by atoms with Crippen LogP contribution in [0.25, 0.3) is 11.0 Å². The van der Waals surface area contributed by atoms with Gasteiger partial charge in [-0.2, -0.15) is 0 Å². The molecular formula is C27H29NO7. The number of aliphatic hydroxyl groups excluding tert-OH is 1. The first-order chi connectivity index (χ1) is 16.8. The van der Waals surface area contributed by atoms with Crippen LogP contribution in [0.4, 0.5) is 0 Å². The van der Waals surface area contributed by atoms with E-state index in [1.54, 1.807) is 42.5 Å². The smallest absolute Gasteiger partial charge is 0.290 e. The van der Waals surface area contributed by atoms with Gasteiger partial charge in [-0.1, -0.05) is 38.1 Å². The number of amides is 1. The Hall–Kier alpha value is -3.78. The molecule has 1 atom stereocenters. The molecule has 8 heteroatoms. The molecule has 0 fully saturated rings. The third-order valence-corrected chi connectivity index (χ3v) is 5.79. The van der Waals surface area contributed by atoms with Gasteiger partial charge in [0.15, 0.2) is 22.9 Å². The van der Waals surface area contributed by atoms with Gasteiger partial charge in [-0.15, -0.1) is 0 Å². The van der Waals surface area contributed by atoms with Gasteiger partial charge in [-0.25, -0.2) is 0 Å². The first-order valence-electron chi connectivity index (χ1n) is 11.4. The van der Waals surface area contributed by atoms with Gasteiger partial charge in [0.1, 0.15) is 5.75 Å². The molecule has 1 N–H and O–H groups in total. The Labute approximate surface area is 203 Å². The van der Waals surface area contributed by atoms with Crippen molar-refractivity contribution in [2.45, 2.75) is 19.9 Å². The molecule has 1 amide bonds. The Bertz CT molecular complexity index is 1270. The van der Waals surface area contributed by atoms with Gasteiger partial charge in [-0.05, 0) is 35.7 Å². The number of aliphatic hydroxyl groups is 1. The molecule has 1 aromatic heterocycles. The highest BCUT2D eigenvalue weighted by molar-refractivity contribution is 6.16. The van der Waals surface area contributed by atoms with Gasteiger partial charge < -0.3 is 28.6 Å². The number of fused-ring (bicyclic) bond motifs is 1. The predicted octanol–water partition coefficient (Wildman–Crippen LogP) is 4.70. The number of carbonyl (C=O) groups excluding carboxylic acids is 2. The van der Waals surface area contributed by atoms with E-state index >= 15 is 0 Å². The lowest BCUT2D eigenvalue weighted by atomic mass is 9.95. The predicted molar refractivity (Wildman–Crippen MR) is 130 cm³/mol. The summed E-state index contributed by atoms with van der Waals surface area (Å²) in [6.45, 7) is 5.04. The van der Waals surface area contributed by atoms with Gasteiger partial charge in [0.05, 0.1) is 31.9 Å². The van der Waals surface area contributed by atoms with Crippen molar-refractivity contribution in [1.82, 2.24) is 4.90 Å². The van der Waals surface area contributed by atoms with Crippen LogP contribution in [0.2, 0.25) is 0 Å². The van der Waals surface area contributed by atoms with E-state index in [0.717, 1.165) is 0 Å². The van der Waals surface area contributed by atoms with E-state index in [4.69, 9.17) is 18.6 Å². The number of ether oxygens (including phenoxy) is 3. The van der Waals surface area contributed by atoms with Crippen LogP contribution in [-0.4, -0.2) is 55.7 Å². The molecule has 1 aliphatic heterocycles. The molecule has 35 heavy (non-hydrogen) atoms. The fourth-order valence-corrected chi connectivity index (χ4v) is 4.13. The van der Waals surface area contributed by atoms with Crippen molar-refractivity contribution in [2.24, 2.45) is 5.92 Å². The maximum absolute atomic E-state index is 13.7. The fraction of sp³-hybridized carbons (Fsp3) is 0.333. The minimum atomic E-state index is -0.831. The largest absolute Gasteiger partial charge is 0.503 e. The minimum Gasteiger partial charge on any atom is -0.503 e. The minimum absolute atomic E-state index is 0.00431. The zero-order chi connectivity index (χ0) is 25.1. The highest BCUT2D eigenvalue weighted by Gasteiger charge is 2.44. The third-order valence-electron chi connectivity index (χ3n) is 5.79. The van der Waals surface area contributed by atoms with Gasteiger partial charge in [0.25, 0.3) is 5.91 Å². The number of benzene rings is 2. The molecule has 3 aromatic rings. The Morgan fingerprint density at radius 1 is 1.14 bits per heavy atom. The third kappa shape index (κ3) is 4.74. The molecule has 2 aromatic carbocycles. The van der Waals surface area contributed by atoms with Crippen molar-refractivity contribution in [3.05, 3.63) is 71.2 Å². The molecule has 0 saturated carbocycles. The second kappa shape index (κ2) is 10.2. The van der Waals surface area contributed by atoms with Gasteiger partial charge >= 0.3 is 0 Å². The molecule has 1 aliphatic rings. The highest BCUT2D eigenvalue weighted by Crippen LogP contribution is 2.41. The monoisotopic (exact) mass is 479 g/mol. The molecule has 0 aliphatic carbocycles. The molecule has 0 radical (unpaired) electrons. The summed E-state index contributed by atoms with van der Waals surface area (Å²) in [7, 11) is 3.04. The number of hydrogen-bond acceptors (Lipinski definition) is 7. The SMILES string of the molecule is COCCN1C(=O)C(O)=C(C(=O)c2cc3cccc(OC)c3o2)C1c1cccc(OCC(C)C)c1. The maximum Gasteiger partial charge on any atom is 0.290 e. The number of para-hydroxylation sites is 1. The van der Waals surface area contributed by atoms with Crippen LogP contribution in [0.3, 0.4) is 0 Å². The Balaban J connectivity index is 1.77. The van der Waals surface area contributed by atoms with Crippen LogP contribution < -0.4 is 9.47 Å². The number of furan rings is 1. The van der Waals surface area contributed by atoms with Crippen molar-refractivity contribution in [1.29, 1.82) is 0 Å². The zero-order valence-electron chi connectivity index (χ0n) is 20.2. The van der Waals surface area contributed by atoms with Crippen LogP contribution in [0.5, 0.6) is 11.5 Å².